The van der Waals surface area contributed by atoms with Crippen LogP contribution in [0.1, 0.15) is 258 Å². The number of aliphatic hydroxyl groups excluding tert-OH is 11. The zero-order valence-electron chi connectivity index (χ0n) is 69.7. The Hall–Kier alpha value is -4.80. The molecule has 4 fully saturated rings. The van der Waals surface area contributed by atoms with Crippen molar-refractivity contribution >= 4 is 47.3 Å². The Balaban J connectivity index is 1.25. The summed E-state index contributed by atoms with van der Waals surface area (Å²) in [4.78, 5) is 106. The van der Waals surface area contributed by atoms with E-state index in [2.05, 4.69) is 21.3 Å². The third kappa shape index (κ3) is 41.2. The number of carbonyl (C=O) groups is 8. The Morgan fingerprint density at radius 3 is 1.20 bits per heavy atom. The van der Waals surface area contributed by atoms with Gasteiger partial charge in [-0.25, -0.2) is 4.79 Å². The van der Waals surface area contributed by atoms with Gasteiger partial charge in [0.05, 0.1) is 90.5 Å². The molecule has 4 aliphatic heterocycles. The van der Waals surface area contributed by atoms with Gasteiger partial charge in [0.25, 0.3) is 0 Å². The molecule has 18 atom stereocenters. The van der Waals surface area contributed by atoms with Crippen molar-refractivity contribution in [3.8, 4) is 0 Å². The van der Waals surface area contributed by atoms with Crippen molar-refractivity contribution in [1.82, 2.24) is 26.2 Å². The number of unbranched alkanes of at least 4 members (excludes halogenated alkanes) is 13. The van der Waals surface area contributed by atoms with Gasteiger partial charge >= 0.3 is 18.0 Å². The summed E-state index contributed by atoms with van der Waals surface area (Å²) in [6, 6.07) is -0.227. The summed E-state index contributed by atoms with van der Waals surface area (Å²) < 4.78 is 56.4. The number of ether oxygens (including phenoxy) is 10. The summed E-state index contributed by atoms with van der Waals surface area (Å²) in [6.07, 6.45) is 4.14. The van der Waals surface area contributed by atoms with Crippen LogP contribution in [-0.2, 0) is 80.9 Å². The first kappa shape index (κ1) is 104. The minimum absolute atomic E-state index is 0.0100. The lowest BCUT2D eigenvalue weighted by atomic mass is 9.83. The van der Waals surface area contributed by atoms with Crippen molar-refractivity contribution in [1.29, 1.82) is 0 Å². The number of rotatable bonds is 66. The molecule has 16 unspecified atom stereocenters. The molecule has 4 aliphatic rings. The Morgan fingerprint density at radius 2 is 0.776 bits per heavy atom. The van der Waals surface area contributed by atoms with Crippen LogP contribution in [0.2, 0.25) is 0 Å². The number of ketones is 2. The molecule has 0 aromatic carbocycles. The number of methoxy groups -OCH3 is 1. The maximum Gasteiger partial charge on any atom is 0.407 e. The standard InChI is InChI=1S/C82H147N5O29/c1-56-72(100)75(103)63(53-89)114-78(56)110-44-22-30-60(92)28-14-8-5-13-21-43-85-81(106)113-49-27-40-82(86-68(96)37-36-61(93)29-17-18-33-69(97)87-51-62(107-4)50-59(87)52-88,38-25-47-108-70(98)34-15-9-6-11-19-41-83-66(94)31-23-45-111-79-57(2)73(101)76(104)64(54-90)115-79)39-26-48-109-71(99)35-16-10-7-12-20-42-84-67(95)32-24-46-112-80-58(3)74(102)77(105)65(55-91)116-80/h56-59,62-65,69,72-80,88-91,97,100-105H,5-55H2,1-4H3,(H,83,94)(H,84,95)(H,85,106)(H,86,96)/t56?,57?,58?,59-,62+,63?,64?,65?,69?,72?,73?,74?,75?,76?,77?,78?,79?,80?,82?/m1/s1. The van der Waals surface area contributed by atoms with Crippen molar-refractivity contribution in [2.24, 2.45) is 17.8 Å². The zero-order valence-corrected chi connectivity index (χ0v) is 69.7. The third-order valence-corrected chi connectivity index (χ3v) is 22.5. The first-order chi connectivity index (χ1) is 55.8. The van der Waals surface area contributed by atoms with Crippen LogP contribution in [0.3, 0.4) is 0 Å². The molecule has 0 aromatic rings. The van der Waals surface area contributed by atoms with Crippen LogP contribution >= 0.6 is 0 Å². The first-order valence-corrected chi connectivity index (χ1v) is 43.2. The second-order valence-corrected chi connectivity index (χ2v) is 31.9. The molecule has 4 heterocycles. The van der Waals surface area contributed by atoms with E-state index < -0.39 is 135 Å². The van der Waals surface area contributed by atoms with Gasteiger partial charge in [-0.2, -0.15) is 0 Å². The first-order valence-electron chi connectivity index (χ1n) is 43.2. The number of hydrogen-bond acceptors (Lipinski definition) is 30. The van der Waals surface area contributed by atoms with Crippen molar-refractivity contribution in [3.05, 3.63) is 0 Å². The van der Waals surface area contributed by atoms with Gasteiger partial charge in [0.2, 0.25) is 17.7 Å². The fourth-order valence-electron chi connectivity index (χ4n) is 15.0. The van der Waals surface area contributed by atoms with Gasteiger partial charge in [0.1, 0.15) is 54.4 Å². The maximum absolute atomic E-state index is 14.1. The number of esters is 2. The van der Waals surface area contributed by atoms with Crippen molar-refractivity contribution in [2.75, 3.05) is 99.4 Å². The quantitative estimate of drug-likeness (QED) is 0.0234. The Kier molecular flexibility index (Phi) is 54.1. The molecule has 0 radical (unpaired) electrons. The molecule has 0 aromatic heterocycles. The SMILES string of the molecule is CO[C@H]1C[C@H](CO)N(C(O)CCCCC(=O)CCC(=O)NC(CCCOC(=O)CCCCCCCNC(=O)CCCOC2OC(CO)C(O)C(O)C2C)(CCCOC(=O)CCCCCCCNC(=O)CCCOC2OC(CO)C(O)C(O)C2C)CCCOC(=O)NCCCCCCCC(=O)CCCOC2OC(CO)C(O)C(O)C2C)C1. The van der Waals surface area contributed by atoms with E-state index in [0.717, 1.165) is 70.6 Å². The van der Waals surface area contributed by atoms with Gasteiger partial charge in [0.15, 0.2) is 18.9 Å². The van der Waals surface area contributed by atoms with Gasteiger partial charge in [-0.3, -0.25) is 38.5 Å². The summed E-state index contributed by atoms with van der Waals surface area (Å²) in [5, 5.41) is 122. The minimum atomic E-state index is -1.23. The number of nitrogens with one attached hydrogen (secondary N) is 4. The number of nitrogens with zero attached hydrogens (tertiary/aromatic N) is 1. The van der Waals surface area contributed by atoms with E-state index in [1.54, 1.807) is 27.9 Å². The van der Waals surface area contributed by atoms with Crippen LogP contribution in [0.4, 0.5) is 4.79 Å². The summed E-state index contributed by atoms with van der Waals surface area (Å²) in [6.45, 7) is 5.95. The van der Waals surface area contributed by atoms with Crippen LogP contribution in [-0.4, -0.2) is 305 Å². The molecule has 34 heteroatoms. The second kappa shape index (κ2) is 60.6. The minimum Gasteiger partial charge on any atom is -0.466 e. The monoisotopic (exact) mass is 1670 g/mol. The van der Waals surface area contributed by atoms with Crippen LogP contribution in [0, 0.1) is 17.8 Å². The summed E-state index contributed by atoms with van der Waals surface area (Å²) in [5.74, 6) is -3.04. The van der Waals surface area contributed by atoms with Gasteiger partial charge in [-0.1, -0.05) is 78.6 Å². The van der Waals surface area contributed by atoms with Gasteiger partial charge in [0, 0.05) is 120 Å². The van der Waals surface area contributed by atoms with Crippen molar-refractivity contribution < 1.29 is 142 Å². The Labute approximate surface area is 685 Å². The van der Waals surface area contributed by atoms with Crippen LogP contribution in [0.25, 0.3) is 0 Å². The van der Waals surface area contributed by atoms with E-state index >= 15 is 0 Å². The van der Waals surface area contributed by atoms with Gasteiger partial charge < -0.3 is 125 Å². The number of carbonyl (C=O) groups excluding carboxylic acids is 8. The maximum atomic E-state index is 14.1. The molecule has 4 saturated heterocycles. The van der Waals surface area contributed by atoms with E-state index in [1.807, 2.05) is 4.90 Å². The predicted molar refractivity (Wildman–Crippen MR) is 422 cm³/mol. The molecular weight excluding hydrogens is 1520 g/mol. The fourth-order valence-corrected chi connectivity index (χ4v) is 15.0. The third-order valence-electron chi connectivity index (χ3n) is 22.5. The molecule has 0 spiro atoms. The molecule has 4 amide bonds. The summed E-state index contributed by atoms with van der Waals surface area (Å²) in [5.41, 5.74) is -0.984. The molecule has 116 heavy (non-hydrogen) atoms. The molecule has 34 nitrogen and oxygen atoms in total. The number of aliphatic hydroxyl groups is 11. The number of Topliss-reactive ketones (excluding diaryl/α,β-unsaturated/α-hetero) is 2. The van der Waals surface area contributed by atoms with Crippen LogP contribution in [0.5, 0.6) is 0 Å². The van der Waals surface area contributed by atoms with Gasteiger partial charge in [-0.05, 0) is 122 Å². The number of likely N-dealkylation sites (tertiary alicyclic amines) is 1. The molecular formula is C82H147N5O29. The highest BCUT2D eigenvalue weighted by Crippen LogP contribution is 2.32. The summed E-state index contributed by atoms with van der Waals surface area (Å²) >= 11 is 0. The van der Waals surface area contributed by atoms with Crippen molar-refractivity contribution in [2.45, 2.75) is 356 Å². The van der Waals surface area contributed by atoms with Crippen LogP contribution in [0.15, 0.2) is 0 Å². The van der Waals surface area contributed by atoms with Crippen LogP contribution < -0.4 is 21.3 Å². The van der Waals surface area contributed by atoms with E-state index in [9.17, 15) is 94.5 Å². The topological polar surface area (TPSA) is 503 Å². The van der Waals surface area contributed by atoms with E-state index in [4.69, 9.17) is 47.4 Å². The van der Waals surface area contributed by atoms with Crippen molar-refractivity contribution in [3.63, 3.8) is 0 Å². The lowest BCUT2D eigenvalue weighted by molar-refractivity contribution is -0.282. The highest BCUT2D eigenvalue weighted by atomic mass is 16.7. The normalized spacial score (nSPS) is 26.4. The molecule has 4 rings (SSSR count). The number of alkyl carbamates (subject to hydrolysis) is 1. The van der Waals surface area contributed by atoms with Gasteiger partial charge in [-0.15, -0.1) is 0 Å². The fraction of sp³-hybridized carbons (Fsp3) is 0.902. The van der Waals surface area contributed by atoms with E-state index in [0.29, 0.717) is 148 Å². The molecule has 0 bridgehead atoms. The lowest BCUT2D eigenvalue weighted by Crippen LogP contribution is -2.55. The highest BCUT2D eigenvalue weighted by molar-refractivity contribution is 5.85. The average molecular weight is 1670 g/mol. The molecule has 674 valence electrons. The van der Waals surface area contributed by atoms with E-state index in [-0.39, 0.29) is 139 Å². The lowest BCUT2D eigenvalue weighted by Gasteiger charge is -2.40. The summed E-state index contributed by atoms with van der Waals surface area (Å²) in [7, 11) is 1.60. The Morgan fingerprint density at radius 1 is 0.405 bits per heavy atom. The predicted octanol–water partition coefficient (Wildman–Crippen LogP) is 3.74. The number of amides is 4. The smallest absolute Gasteiger partial charge is 0.407 e. The van der Waals surface area contributed by atoms with E-state index in [1.165, 1.54) is 0 Å². The molecule has 0 saturated carbocycles. The molecule has 0 aliphatic carbocycles. The molecule has 15 N–H and O–H groups in total. The second-order valence-electron chi connectivity index (χ2n) is 31.9. The number of hydrogen-bond donors (Lipinski definition) is 15. The largest absolute Gasteiger partial charge is 0.466 e. The zero-order chi connectivity index (χ0) is 85.1. The highest BCUT2D eigenvalue weighted by Gasteiger charge is 2.45. The Bertz CT molecular complexity index is 2490. The average Bonchev–Trinajstić information content (AvgIpc) is 1.13.